The van der Waals surface area contributed by atoms with E-state index >= 15 is 0 Å². The molecule has 10 heteroatoms. The molecule has 0 aromatic heterocycles. The predicted octanol–water partition coefficient (Wildman–Crippen LogP) is 9.05. The van der Waals surface area contributed by atoms with Crippen LogP contribution in [-0.2, 0) is 40.2 Å². The van der Waals surface area contributed by atoms with Crippen molar-refractivity contribution in [3.63, 3.8) is 0 Å². The number of carbonyl (C=O) groups excluding carboxylic acids is 2. The van der Waals surface area contributed by atoms with E-state index in [1.54, 1.807) is 0 Å². The second kappa shape index (κ2) is 18.0. The first-order valence-electron chi connectivity index (χ1n) is 19.5. The van der Waals surface area contributed by atoms with Gasteiger partial charge < -0.3 is 38.3 Å². The molecule has 5 rings (SSSR count). The summed E-state index contributed by atoms with van der Waals surface area (Å²) in [5, 5.41) is 10.8. The fourth-order valence-electron chi connectivity index (χ4n) is 6.96. The lowest BCUT2D eigenvalue weighted by molar-refractivity contribution is -0.134. The predicted molar refractivity (Wildman–Crippen MR) is 218 cm³/mol. The minimum Gasteiger partial charge on any atom is -0.491 e. The molecule has 1 aliphatic rings. The van der Waals surface area contributed by atoms with Gasteiger partial charge in [-0.15, -0.1) is 0 Å². The molecule has 1 saturated heterocycles. The second-order valence-electron chi connectivity index (χ2n) is 16.9. The molecule has 57 heavy (non-hydrogen) atoms. The molecule has 0 saturated carbocycles. The van der Waals surface area contributed by atoms with E-state index in [4.69, 9.17) is 33.2 Å². The van der Waals surface area contributed by atoms with E-state index in [0.29, 0.717) is 24.4 Å². The molecule has 3 atom stereocenters. The Bertz CT molecular complexity index is 1900. The van der Waals surface area contributed by atoms with Crippen molar-refractivity contribution >= 4 is 12.6 Å². The van der Waals surface area contributed by atoms with Crippen LogP contribution in [0.4, 0.5) is 4.79 Å². The number of rotatable bonds is 20. The summed E-state index contributed by atoms with van der Waals surface area (Å²) in [6, 6.07) is 32.3. The molecular weight excluding hydrogens is 725 g/mol. The smallest absolute Gasteiger partial charge is 0.491 e. The average Bonchev–Trinajstić information content (AvgIpc) is 3.60. The molecule has 0 bridgehead atoms. The van der Waals surface area contributed by atoms with E-state index in [-0.39, 0.29) is 43.4 Å². The van der Waals surface area contributed by atoms with Crippen LogP contribution in [0.1, 0.15) is 96.6 Å². The Morgan fingerprint density at radius 3 is 1.61 bits per heavy atom. The molecule has 1 fully saturated rings. The normalized spacial score (nSPS) is 15.9. The van der Waals surface area contributed by atoms with Gasteiger partial charge in [-0.25, -0.2) is 4.79 Å². The molecule has 306 valence electrons. The number of ether oxygens (including phenoxy) is 7. The lowest BCUT2D eigenvalue weighted by Gasteiger charge is -2.30. The van der Waals surface area contributed by atoms with Crippen molar-refractivity contribution in [2.45, 2.75) is 109 Å². The number of carbonyl (C=O) groups is 2. The largest absolute Gasteiger partial charge is 0.508 e. The second-order valence-corrected chi connectivity index (χ2v) is 16.9. The van der Waals surface area contributed by atoms with Gasteiger partial charge >= 0.3 is 6.16 Å². The zero-order chi connectivity index (χ0) is 41.4. The van der Waals surface area contributed by atoms with E-state index < -0.39 is 29.6 Å². The molecule has 0 radical (unpaired) electrons. The molecule has 10 nitrogen and oxygen atoms in total. The molecule has 0 amide bonds. The maximum atomic E-state index is 11.1. The quantitative estimate of drug-likeness (QED) is 0.0687. The van der Waals surface area contributed by atoms with Crippen molar-refractivity contribution in [1.82, 2.24) is 0 Å². The van der Waals surface area contributed by atoms with Gasteiger partial charge in [0.25, 0.3) is 6.47 Å². The van der Waals surface area contributed by atoms with E-state index in [9.17, 15) is 14.7 Å². The number of aliphatic hydroxyl groups excluding tert-OH is 1. The summed E-state index contributed by atoms with van der Waals surface area (Å²) in [6.45, 7) is 19.6. The molecule has 1 heterocycles. The van der Waals surface area contributed by atoms with Crippen molar-refractivity contribution in [2.24, 2.45) is 0 Å². The van der Waals surface area contributed by atoms with Crippen LogP contribution < -0.4 is 14.2 Å². The number of aliphatic hydroxyl groups is 1. The Morgan fingerprint density at radius 2 is 1.14 bits per heavy atom. The SMILES string of the molecule is CC(CC(C)(C)Oc1ccc(C(C)(C)c2ccc(OCC(O)COC(C)(C)c3ccc(C(C)(C)c4ccc(OCC5COC(=O)O5)cc4)cc3)cc2)cc1)OC=O. The average molecular weight is 783 g/mol. The van der Waals surface area contributed by atoms with Gasteiger partial charge in [-0.1, -0.05) is 88.4 Å². The molecule has 4 aromatic carbocycles. The van der Waals surface area contributed by atoms with Gasteiger partial charge in [0.05, 0.1) is 12.2 Å². The molecule has 4 aromatic rings. The molecule has 0 spiro atoms. The number of benzene rings is 4. The highest BCUT2D eigenvalue weighted by molar-refractivity contribution is 5.61. The van der Waals surface area contributed by atoms with Crippen LogP contribution in [0.15, 0.2) is 97.1 Å². The van der Waals surface area contributed by atoms with Crippen molar-refractivity contribution in [1.29, 1.82) is 0 Å². The maximum Gasteiger partial charge on any atom is 0.508 e. The maximum absolute atomic E-state index is 11.1. The monoisotopic (exact) mass is 782 g/mol. The Kier molecular flexibility index (Phi) is 13.6. The fraction of sp³-hybridized carbons (Fsp3) is 0.447. The van der Waals surface area contributed by atoms with E-state index in [1.165, 1.54) is 0 Å². The Morgan fingerprint density at radius 1 is 0.684 bits per heavy atom. The Hall–Kier alpha value is -5.06. The zero-order valence-electron chi connectivity index (χ0n) is 34.7. The minimum absolute atomic E-state index is 0.0933. The third kappa shape index (κ3) is 11.5. The Balaban J connectivity index is 1.08. The van der Waals surface area contributed by atoms with Gasteiger partial charge in [-0.05, 0) is 98.8 Å². The highest BCUT2D eigenvalue weighted by Crippen LogP contribution is 2.36. The molecule has 0 aliphatic carbocycles. The van der Waals surface area contributed by atoms with Crippen LogP contribution >= 0.6 is 0 Å². The standard InChI is InChI=1S/C47H58O10/c1-32(54-31-48)26-44(2,3)57-41-24-18-36(19-25-41)46(6,7)35-14-20-39(21-15-35)51-27-38(49)28-55-47(8,9)37-12-10-33(11-13-37)45(4,5)34-16-22-40(23-17-34)52-29-42-30-53-43(50)56-42/h10-25,31-32,38,42,49H,26-30H2,1-9H3. The van der Waals surface area contributed by atoms with Gasteiger partial charge in [-0.3, -0.25) is 4.79 Å². The minimum atomic E-state index is -0.821. The molecule has 3 unspecified atom stereocenters. The van der Waals surface area contributed by atoms with Crippen LogP contribution in [-0.4, -0.2) is 68.1 Å². The third-order valence-electron chi connectivity index (χ3n) is 10.7. The summed E-state index contributed by atoms with van der Waals surface area (Å²) in [5.41, 5.74) is 3.83. The van der Waals surface area contributed by atoms with Gasteiger partial charge in [0.2, 0.25) is 0 Å². The number of hydrogen-bond donors (Lipinski definition) is 1. The first-order chi connectivity index (χ1) is 26.9. The highest BCUT2D eigenvalue weighted by Gasteiger charge is 2.29. The summed E-state index contributed by atoms with van der Waals surface area (Å²) < 4.78 is 39.0. The van der Waals surface area contributed by atoms with Crippen LogP contribution in [0, 0.1) is 0 Å². The lowest BCUT2D eigenvalue weighted by Crippen LogP contribution is -2.33. The van der Waals surface area contributed by atoms with Crippen LogP contribution in [0.2, 0.25) is 0 Å². The topological polar surface area (TPSA) is 119 Å². The number of hydrogen-bond acceptors (Lipinski definition) is 10. The summed E-state index contributed by atoms with van der Waals surface area (Å²) in [4.78, 5) is 21.8. The molecule has 1 aliphatic heterocycles. The molecular formula is C47H58O10. The van der Waals surface area contributed by atoms with Crippen molar-refractivity contribution < 1.29 is 47.9 Å². The van der Waals surface area contributed by atoms with Crippen molar-refractivity contribution in [3.05, 3.63) is 125 Å². The van der Waals surface area contributed by atoms with E-state index in [1.807, 2.05) is 95.3 Å². The summed E-state index contributed by atoms with van der Waals surface area (Å²) >= 11 is 0. The highest BCUT2D eigenvalue weighted by atomic mass is 16.8. The molecule has 1 N–H and O–H groups in total. The van der Waals surface area contributed by atoms with Crippen LogP contribution in [0.25, 0.3) is 0 Å². The summed E-state index contributed by atoms with van der Waals surface area (Å²) in [5.74, 6) is 2.11. The van der Waals surface area contributed by atoms with E-state index in [0.717, 1.165) is 33.6 Å². The third-order valence-corrected chi connectivity index (χ3v) is 10.7. The lowest BCUT2D eigenvalue weighted by atomic mass is 9.77. The van der Waals surface area contributed by atoms with Gasteiger partial charge in [0.15, 0.2) is 6.10 Å². The fourth-order valence-corrected chi connectivity index (χ4v) is 6.96. The summed E-state index contributed by atoms with van der Waals surface area (Å²) in [6.07, 6.45) is -1.55. The Labute approximate surface area is 337 Å². The first kappa shape index (κ1) is 43.1. The summed E-state index contributed by atoms with van der Waals surface area (Å²) in [7, 11) is 0. The zero-order valence-corrected chi connectivity index (χ0v) is 34.7. The van der Waals surface area contributed by atoms with Crippen LogP contribution in [0.5, 0.6) is 17.2 Å². The van der Waals surface area contributed by atoms with E-state index in [2.05, 4.69) is 64.1 Å². The van der Waals surface area contributed by atoms with Crippen molar-refractivity contribution in [3.8, 4) is 17.2 Å². The van der Waals surface area contributed by atoms with Gasteiger partial charge in [0, 0.05) is 17.3 Å². The van der Waals surface area contributed by atoms with Gasteiger partial charge in [-0.2, -0.15) is 0 Å². The van der Waals surface area contributed by atoms with Gasteiger partial charge in [0.1, 0.15) is 54.9 Å². The first-order valence-corrected chi connectivity index (χ1v) is 19.5. The number of cyclic esters (lactones) is 2. The van der Waals surface area contributed by atoms with Crippen LogP contribution in [0.3, 0.4) is 0 Å². The van der Waals surface area contributed by atoms with Crippen molar-refractivity contribution in [2.75, 3.05) is 26.4 Å².